The zero-order chi connectivity index (χ0) is 22.7. The van der Waals surface area contributed by atoms with Crippen molar-refractivity contribution in [1.82, 2.24) is 0 Å². The van der Waals surface area contributed by atoms with E-state index in [1.807, 2.05) is 13.8 Å². The summed E-state index contributed by atoms with van der Waals surface area (Å²) in [5, 5.41) is 10.2. The summed E-state index contributed by atoms with van der Waals surface area (Å²) in [5.74, 6) is 11.1. The quantitative estimate of drug-likeness (QED) is 0.530. The summed E-state index contributed by atoms with van der Waals surface area (Å²) >= 11 is 0. The second kappa shape index (κ2) is 8.28. The first kappa shape index (κ1) is 23.2. The molecular weight excluding hydrogens is 396 g/mol. The van der Waals surface area contributed by atoms with Crippen molar-refractivity contribution in [2.45, 2.75) is 104 Å². The van der Waals surface area contributed by atoms with Crippen molar-refractivity contribution in [3.63, 3.8) is 0 Å². The maximum atomic E-state index is 10.2. The first-order chi connectivity index (χ1) is 15.2. The highest BCUT2D eigenvalue weighted by atomic mass is 16.7. The van der Waals surface area contributed by atoms with Crippen molar-refractivity contribution in [3.05, 3.63) is 0 Å². The molecule has 0 amide bonds. The molecule has 1 N–H and O–H groups in total. The van der Waals surface area contributed by atoms with Gasteiger partial charge in [-0.25, -0.2) is 0 Å². The fourth-order valence-electron chi connectivity index (χ4n) is 9.30. The van der Waals surface area contributed by atoms with Gasteiger partial charge in [-0.1, -0.05) is 46.5 Å². The molecule has 9 atom stereocenters. The Morgan fingerprint density at radius 3 is 2.25 bits per heavy atom. The minimum atomic E-state index is -0.490. The average Bonchev–Trinajstić information content (AvgIpc) is 3.36. The van der Waals surface area contributed by atoms with Crippen LogP contribution < -0.4 is 0 Å². The summed E-state index contributed by atoms with van der Waals surface area (Å²) in [5.41, 5.74) is 0.893. The van der Waals surface area contributed by atoms with Gasteiger partial charge < -0.3 is 14.6 Å². The highest BCUT2D eigenvalue weighted by molar-refractivity contribution is 5.15. The normalized spacial score (nSPS) is 46.7. The molecule has 0 aromatic rings. The van der Waals surface area contributed by atoms with Crippen LogP contribution in [0.1, 0.15) is 92.4 Å². The molecule has 4 saturated carbocycles. The summed E-state index contributed by atoms with van der Waals surface area (Å²) in [6.45, 7) is 13.2. The highest BCUT2D eigenvalue weighted by Gasteiger charge is 2.62. The molecule has 32 heavy (non-hydrogen) atoms. The topological polar surface area (TPSA) is 38.7 Å². The number of fused-ring (bicyclic) bond motifs is 5. The van der Waals surface area contributed by atoms with E-state index in [0.717, 1.165) is 49.7 Å². The van der Waals surface area contributed by atoms with Crippen LogP contribution in [0.3, 0.4) is 0 Å². The Balaban J connectivity index is 1.32. The number of aliphatic hydroxyl groups excluding tert-OH is 1. The second-order valence-electron chi connectivity index (χ2n) is 13.0. The molecule has 180 valence electrons. The summed E-state index contributed by atoms with van der Waals surface area (Å²) < 4.78 is 12.3. The molecule has 1 aliphatic heterocycles. The second-order valence-corrected chi connectivity index (χ2v) is 13.0. The Kier molecular flexibility index (Phi) is 6.00. The van der Waals surface area contributed by atoms with E-state index in [0.29, 0.717) is 22.7 Å². The average molecular weight is 443 g/mol. The van der Waals surface area contributed by atoms with Gasteiger partial charge in [-0.15, -0.1) is 0 Å². The van der Waals surface area contributed by atoms with Gasteiger partial charge >= 0.3 is 0 Å². The summed E-state index contributed by atoms with van der Waals surface area (Å²) in [6, 6.07) is 0. The van der Waals surface area contributed by atoms with Crippen LogP contribution in [0.25, 0.3) is 0 Å². The molecule has 0 bridgehead atoms. The number of hydrogen-bond acceptors (Lipinski definition) is 3. The fraction of sp³-hybridized carbons (Fsp3) is 0.931. The number of ether oxygens (including phenoxy) is 2. The number of rotatable bonds is 2. The van der Waals surface area contributed by atoms with Crippen LogP contribution in [-0.4, -0.2) is 30.2 Å². The first-order valence-electron chi connectivity index (χ1n) is 13.7. The van der Waals surface area contributed by atoms with E-state index in [2.05, 4.69) is 32.6 Å². The predicted molar refractivity (Wildman–Crippen MR) is 128 cm³/mol. The van der Waals surface area contributed by atoms with Crippen LogP contribution in [0, 0.1) is 64.1 Å². The van der Waals surface area contributed by atoms with E-state index < -0.39 is 6.10 Å². The lowest BCUT2D eigenvalue weighted by atomic mass is 9.44. The molecule has 0 radical (unpaired) electrons. The summed E-state index contributed by atoms with van der Waals surface area (Å²) in [7, 11) is 0. The van der Waals surface area contributed by atoms with Gasteiger partial charge in [0.2, 0.25) is 0 Å². The molecule has 1 saturated heterocycles. The predicted octanol–water partition coefficient (Wildman–Crippen LogP) is 6.04. The van der Waals surface area contributed by atoms with Gasteiger partial charge in [-0.2, -0.15) is 0 Å². The van der Waals surface area contributed by atoms with Gasteiger partial charge in [0.15, 0.2) is 5.79 Å². The number of hydrogen-bond donors (Lipinski definition) is 1. The maximum Gasteiger partial charge on any atom is 0.168 e. The van der Waals surface area contributed by atoms with Gasteiger partial charge in [-0.3, -0.25) is 0 Å². The fourth-order valence-corrected chi connectivity index (χ4v) is 9.30. The molecule has 5 fully saturated rings. The summed E-state index contributed by atoms with van der Waals surface area (Å²) in [6.07, 6.45) is 11.2. The Morgan fingerprint density at radius 2 is 1.53 bits per heavy atom. The maximum absolute atomic E-state index is 10.2. The molecule has 3 nitrogen and oxygen atoms in total. The third kappa shape index (κ3) is 3.59. The standard InChI is InChI=1S/C29H46O3/c1-19(2)26(30)11-6-20(3)23-9-10-24-22-8-7-21-18-29(31-16-17-32-29)15-14-27(21,4)25(22)12-13-28(23,24)5/h19-26,30H,7-10,12-18H2,1-5H3/t20-,21+,22+,23-,24+,25+,26-,27+,28-/m1/s1. The minimum Gasteiger partial charge on any atom is -0.380 e. The van der Waals surface area contributed by atoms with Crippen molar-refractivity contribution in [2.24, 2.45) is 52.3 Å². The third-order valence-electron chi connectivity index (χ3n) is 11.2. The van der Waals surface area contributed by atoms with Crippen LogP contribution in [0.5, 0.6) is 0 Å². The molecule has 3 heteroatoms. The molecule has 4 aliphatic carbocycles. The highest BCUT2D eigenvalue weighted by Crippen LogP contribution is 2.69. The van der Waals surface area contributed by atoms with E-state index in [4.69, 9.17) is 9.47 Å². The van der Waals surface area contributed by atoms with Crippen molar-refractivity contribution in [1.29, 1.82) is 0 Å². The van der Waals surface area contributed by atoms with Crippen molar-refractivity contribution in [3.8, 4) is 11.8 Å². The lowest BCUT2D eigenvalue weighted by Crippen LogP contribution is -2.56. The first-order valence-corrected chi connectivity index (χ1v) is 13.7. The van der Waals surface area contributed by atoms with Crippen LogP contribution in [0.15, 0.2) is 0 Å². The van der Waals surface area contributed by atoms with E-state index in [-0.39, 0.29) is 11.7 Å². The molecule has 0 unspecified atom stereocenters. The Hall–Kier alpha value is -0.560. The Labute approximate surface area is 196 Å². The van der Waals surface area contributed by atoms with E-state index in [9.17, 15) is 5.11 Å². The molecule has 0 aromatic carbocycles. The van der Waals surface area contributed by atoms with Crippen LogP contribution in [-0.2, 0) is 9.47 Å². The lowest BCUT2D eigenvalue weighted by molar-refractivity contribution is -0.229. The third-order valence-corrected chi connectivity index (χ3v) is 11.2. The van der Waals surface area contributed by atoms with Gasteiger partial charge in [0, 0.05) is 18.8 Å². The lowest BCUT2D eigenvalue weighted by Gasteiger charge is -2.62. The zero-order valence-electron chi connectivity index (χ0n) is 21.2. The van der Waals surface area contributed by atoms with E-state index in [1.165, 1.54) is 44.9 Å². The van der Waals surface area contributed by atoms with Gasteiger partial charge in [0.05, 0.1) is 13.2 Å². The van der Waals surface area contributed by atoms with Gasteiger partial charge in [-0.05, 0) is 91.3 Å². The largest absolute Gasteiger partial charge is 0.380 e. The van der Waals surface area contributed by atoms with Crippen LogP contribution >= 0.6 is 0 Å². The molecule has 5 rings (SSSR count). The Bertz CT molecular complexity index is 758. The van der Waals surface area contributed by atoms with Crippen LogP contribution in [0.4, 0.5) is 0 Å². The monoisotopic (exact) mass is 442 g/mol. The van der Waals surface area contributed by atoms with Crippen molar-refractivity contribution >= 4 is 0 Å². The minimum absolute atomic E-state index is 0.211. The zero-order valence-corrected chi connectivity index (χ0v) is 21.2. The molecule has 5 aliphatic rings. The molecular formula is C29H46O3. The van der Waals surface area contributed by atoms with E-state index in [1.54, 1.807) is 0 Å². The smallest absolute Gasteiger partial charge is 0.168 e. The molecule has 1 heterocycles. The molecule has 1 spiro atoms. The summed E-state index contributed by atoms with van der Waals surface area (Å²) in [4.78, 5) is 0. The Morgan fingerprint density at radius 1 is 0.812 bits per heavy atom. The van der Waals surface area contributed by atoms with Gasteiger partial charge in [0.25, 0.3) is 0 Å². The van der Waals surface area contributed by atoms with Crippen molar-refractivity contribution in [2.75, 3.05) is 13.2 Å². The SMILES string of the molecule is CC(C)[C@H](O)C#C[C@@H](C)[C@H]1CC[C@H]2[C@@H]3CC[C@H]4CC5(CC[C@]4(C)[C@H]3CC[C@]12C)OCCO5. The number of aliphatic hydroxyl groups is 1. The van der Waals surface area contributed by atoms with E-state index >= 15 is 0 Å². The van der Waals surface area contributed by atoms with Gasteiger partial charge in [0.1, 0.15) is 6.10 Å². The van der Waals surface area contributed by atoms with Crippen molar-refractivity contribution < 1.29 is 14.6 Å². The van der Waals surface area contributed by atoms with Crippen LogP contribution in [0.2, 0.25) is 0 Å². The molecule has 0 aromatic heterocycles.